The van der Waals surface area contributed by atoms with Crippen molar-refractivity contribution in [2.24, 2.45) is 7.05 Å². The molecule has 0 aliphatic rings. The van der Waals surface area contributed by atoms with Gasteiger partial charge in [0.25, 0.3) is 0 Å². The summed E-state index contributed by atoms with van der Waals surface area (Å²) in [4.78, 5) is 15.6. The summed E-state index contributed by atoms with van der Waals surface area (Å²) < 4.78 is 19.5. The lowest BCUT2D eigenvalue weighted by molar-refractivity contribution is 0.0459. The van der Waals surface area contributed by atoms with Gasteiger partial charge < -0.3 is 10.5 Å². The minimum atomic E-state index is -0.699. The second kappa shape index (κ2) is 4.82. The van der Waals surface area contributed by atoms with E-state index in [9.17, 15) is 9.18 Å². The van der Waals surface area contributed by atoms with Crippen molar-refractivity contribution in [1.29, 1.82) is 0 Å². The molecule has 1 heterocycles. The molecule has 2 rings (SSSR count). The standard InChI is InChI=1S/C11H11FN4O2/c1-16-10(14-6-15-16)5-18-11(17)8-4-7(12)2-3-9(8)13/h2-4,6H,5,13H2,1H3. The van der Waals surface area contributed by atoms with Gasteiger partial charge in [-0.1, -0.05) is 0 Å². The van der Waals surface area contributed by atoms with Crippen LogP contribution < -0.4 is 5.73 Å². The van der Waals surface area contributed by atoms with E-state index in [0.717, 1.165) is 6.07 Å². The van der Waals surface area contributed by atoms with Gasteiger partial charge in [-0.05, 0) is 18.2 Å². The average molecular weight is 250 g/mol. The summed E-state index contributed by atoms with van der Waals surface area (Å²) in [6.07, 6.45) is 1.35. The van der Waals surface area contributed by atoms with Gasteiger partial charge >= 0.3 is 5.97 Å². The number of anilines is 1. The molecule has 18 heavy (non-hydrogen) atoms. The highest BCUT2D eigenvalue weighted by atomic mass is 19.1. The number of nitrogens with zero attached hydrogens (tertiary/aromatic N) is 3. The summed E-state index contributed by atoms with van der Waals surface area (Å²) in [7, 11) is 1.67. The molecule has 0 radical (unpaired) electrons. The minimum absolute atomic E-state index is 0.00262. The van der Waals surface area contributed by atoms with Crippen molar-refractivity contribution in [2.45, 2.75) is 6.61 Å². The maximum absolute atomic E-state index is 13.0. The molecule has 0 fully saturated rings. The predicted octanol–water partition coefficient (Wildman–Crippen LogP) is 0.893. The first kappa shape index (κ1) is 12.0. The van der Waals surface area contributed by atoms with Crippen LogP contribution in [-0.4, -0.2) is 20.7 Å². The number of ether oxygens (including phenoxy) is 1. The van der Waals surface area contributed by atoms with Gasteiger partial charge in [0.05, 0.1) is 5.56 Å². The Bertz CT molecular complexity index is 582. The van der Waals surface area contributed by atoms with Crippen LogP contribution in [0, 0.1) is 5.82 Å². The number of benzene rings is 1. The predicted molar refractivity (Wildman–Crippen MR) is 60.9 cm³/mol. The maximum Gasteiger partial charge on any atom is 0.340 e. The Morgan fingerprint density at radius 1 is 1.56 bits per heavy atom. The Morgan fingerprint density at radius 2 is 2.33 bits per heavy atom. The Hall–Kier alpha value is -2.44. The number of hydrogen-bond acceptors (Lipinski definition) is 5. The topological polar surface area (TPSA) is 83.0 Å². The second-order valence-electron chi connectivity index (χ2n) is 3.61. The molecule has 6 nitrogen and oxygen atoms in total. The van der Waals surface area contributed by atoms with E-state index in [0.29, 0.717) is 5.82 Å². The molecule has 2 aromatic rings. The molecule has 0 saturated heterocycles. The highest BCUT2D eigenvalue weighted by molar-refractivity contribution is 5.94. The van der Waals surface area contributed by atoms with Crippen molar-refractivity contribution in [1.82, 2.24) is 14.8 Å². The van der Waals surface area contributed by atoms with Crippen LogP contribution in [0.15, 0.2) is 24.5 Å². The Morgan fingerprint density at radius 3 is 3.00 bits per heavy atom. The van der Waals surface area contributed by atoms with Crippen molar-refractivity contribution in [3.8, 4) is 0 Å². The zero-order chi connectivity index (χ0) is 13.1. The van der Waals surface area contributed by atoms with Crippen LogP contribution in [0.1, 0.15) is 16.2 Å². The quantitative estimate of drug-likeness (QED) is 0.646. The van der Waals surface area contributed by atoms with Crippen LogP contribution in [-0.2, 0) is 18.4 Å². The molecule has 0 amide bonds. The Balaban J connectivity index is 2.08. The number of nitrogen functional groups attached to an aromatic ring is 1. The van der Waals surface area contributed by atoms with Gasteiger partial charge in [0.1, 0.15) is 12.1 Å². The summed E-state index contributed by atoms with van der Waals surface area (Å²) in [5.41, 5.74) is 5.73. The molecule has 0 saturated carbocycles. The zero-order valence-corrected chi connectivity index (χ0v) is 9.63. The van der Waals surface area contributed by atoms with Crippen LogP contribution in [0.4, 0.5) is 10.1 Å². The van der Waals surface area contributed by atoms with Gasteiger partial charge in [-0.25, -0.2) is 14.2 Å². The molecule has 0 bridgehead atoms. The highest BCUT2D eigenvalue weighted by Crippen LogP contribution is 2.15. The largest absolute Gasteiger partial charge is 0.454 e. The second-order valence-corrected chi connectivity index (χ2v) is 3.61. The van der Waals surface area contributed by atoms with Crippen LogP contribution in [0.25, 0.3) is 0 Å². The number of nitrogens with two attached hydrogens (primary N) is 1. The van der Waals surface area contributed by atoms with Gasteiger partial charge in [-0.3, -0.25) is 4.68 Å². The number of esters is 1. The monoisotopic (exact) mass is 250 g/mol. The first-order valence-electron chi connectivity index (χ1n) is 5.13. The normalized spacial score (nSPS) is 10.3. The van der Waals surface area contributed by atoms with Gasteiger partial charge in [-0.2, -0.15) is 5.10 Å². The molecule has 0 aliphatic heterocycles. The summed E-state index contributed by atoms with van der Waals surface area (Å²) in [6.45, 7) is -0.0503. The Kier molecular flexibility index (Phi) is 3.22. The van der Waals surface area contributed by atoms with E-state index in [2.05, 4.69) is 10.1 Å². The van der Waals surface area contributed by atoms with Crippen LogP contribution in [0.3, 0.4) is 0 Å². The van der Waals surface area contributed by atoms with Gasteiger partial charge in [-0.15, -0.1) is 0 Å². The number of halogens is 1. The molecule has 0 unspecified atom stereocenters. The van der Waals surface area contributed by atoms with E-state index in [1.54, 1.807) is 7.05 Å². The first-order chi connectivity index (χ1) is 8.58. The average Bonchev–Trinajstić information content (AvgIpc) is 2.75. The van der Waals surface area contributed by atoms with E-state index in [4.69, 9.17) is 10.5 Å². The zero-order valence-electron chi connectivity index (χ0n) is 9.63. The number of rotatable bonds is 3. The Labute approximate surface area is 102 Å². The molecule has 7 heteroatoms. The number of carbonyl (C=O) groups excluding carboxylic acids is 1. The van der Waals surface area contributed by atoms with E-state index in [1.807, 2.05) is 0 Å². The highest BCUT2D eigenvalue weighted by Gasteiger charge is 2.13. The van der Waals surface area contributed by atoms with Crippen molar-refractivity contribution in [2.75, 3.05) is 5.73 Å². The van der Waals surface area contributed by atoms with Gasteiger partial charge in [0.15, 0.2) is 12.4 Å². The molecule has 1 aromatic heterocycles. The number of carbonyl (C=O) groups is 1. The van der Waals surface area contributed by atoms with Crippen molar-refractivity contribution in [3.05, 3.63) is 41.7 Å². The lowest BCUT2D eigenvalue weighted by atomic mass is 10.2. The molecule has 0 spiro atoms. The van der Waals surface area contributed by atoms with E-state index in [-0.39, 0.29) is 17.9 Å². The fourth-order valence-corrected chi connectivity index (χ4v) is 1.36. The lowest BCUT2D eigenvalue weighted by Crippen LogP contribution is -2.11. The molecular formula is C11H11FN4O2. The van der Waals surface area contributed by atoms with Crippen LogP contribution in [0.2, 0.25) is 0 Å². The number of aromatic nitrogens is 3. The number of aryl methyl sites for hydroxylation is 1. The minimum Gasteiger partial charge on any atom is -0.454 e. The SMILES string of the molecule is Cn1ncnc1COC(=O)c1cc(F)ccc1N. The fourth-order valence-electron chi connectivity index (χ4n) is 1.36. The summed E-state index contributed by atoms with van der Waals surface area (Å²) in [5, 5.41) is 3.83. The summed E-state index contributed by atoms with van der Waals surface area (Å²) in [6, 6.07) is 3.53. The van der Waals surface area contributed by atoms with E-state index in [1.165, 1.54) is 23.1 Å². The fraction of sp³-hybridized carbons (Fsp3) is 0.182. The molecule has 94 valence electrons. The first-order valence-corrected chi connectivity index (χ1v) is 5.13. The summed E-state index contributed by atoms with van der Waals surface area (Å²) >= 11 is 0. The van der Waals surface area contributed by atoms with Crippen molar-refractivity contribution in [3.63, 3.8) is 0 Å². The van der Waals surface area contributed by atoms with E-state index >= 15 is 0 Å². The number of hydrogen-bond donors (Lipinski definition) is 1. The van der Waals surface area contributed by atoms with Crippen LogP contribution in [0.5, 0.6) is 0 Å². The third kappa shape index (κ3) is 2.45. The molecule has 0 aliphatic carbocycles. The maximum atomic E-state index is 13.0. The van der Waals surface area contributed by atoms with Crippen LogP contribution >= 0.6 is 0 Å². The van der Waals surface area contributed by atoms with Gasteiger partial charge in [0.2, 0.25) is 0 Å². The smallest absolute Gasteiger partial charge is 0.340 e. The molecule has 2 N–H and O–H groups in total. The van der Waals surface area contributed by atoms with Crippen molar-refractivity contribution < 1.29 is 13.9 Å². The van der Waals surface area contributed by atoms with E-state index < -0.39 is 11.8 Å². The lowest BCUT2D eigenvalue weighted by Gasteiger charge is -2.06. The van der Waals surface area contributed by atoms with Gasteiger partial charge in [0, 0.05) is 12.7 Å². The van der Waals surface area contributed by atoms with Crippen molar-refractivity contribution >= 4 is 11.7 Å². The molecular weight excluding hydrogens is 239 g/mol. The molecule has 1 aromatic carbocycles. The third-order valence-corrected chi connectivity index (χ3v) is 2.37. The molecule has 0 atom stereocenters. The summed E-state index contributed by atoms with van der Waals surface area (Å²) in [5.74, 6) is -0.761. The third-order valence-electron chi connectivity index (χ3n) is 2.37.